The number of sulfonamides is 1. The summed E-state index contributed by atoms with van der Waals surface area (Å²) in [5.74, 6) is 0.151. The van der Waals surface area contributed by atoms with Crippen LogP contribution in [0.4, 0.5) is 0 Å². The van der Waals surface area contributed by atoms with Crippen LogP contribution in [0.2, 0.25) is 0 Å². The van der Waals surface area contributed by atoms with E-state index in [1.54, 1.807) is 14.0 Å². The molecule has 2 bridgehead atoms. The number of ether oxygens (including phenoxy) is 2. The predicted octanol–water partition coefficient (Wildman–Crippen LogP) is 3.75. The van der Waals surface area contributed by atoms with E-state index in [4.69, 9.17) is 9.47 Å². The van der Waals surface area contributed by atoms with E-state index < -0.39 is 28.0 Å². The van der Waals surface area contributed by atoms with Crippen molar-refractivity contribution in [1.82, 2.24) is 4.31 Å². The SMILES string of the molecule is COc1ccc(COCCCC[C@H](O)[C@@H](C)C(=O)N2[C@@H]3CC4CC[C@]3(CS2(=O)=O)C4(C)C)cc1. The Labute approximate surface area is 203 Å². The first-order chi connectivity index (χ1) is 16.0. The van der Waals surface area contributed by atoms with Gasteiger partial charge in [0.1, 0.15) is 5.75 Å². The molecule has 2 saturated carbocycles. The Morgan fingerprint density at radius 2 is 1.94 bits per heavy atom. The number of hydrogen-bond donors (Lipinski definition) is 1. The lowest BCUT2D eigenvalue weighted by Crippen LogP contribution is -2.47. The molecule has 4 rings (SSSR count). The highest BCUT2D eigenvalue weighted by atomic mass is 32.2. The minimum atomic E-state index is -3.66. The number of benzene rings is 1. The molecule has 0 aromatic heterocycles. The number of carbonyl (C=O) groups excluding carboxylic acids is 1. The van der Waals surface area contributed by atoms with Crippen molar-refractivity contribution >= 4 is 15.9 Å². The fourth-order valence-corrected chi connectivity index (χ4v) is 9.28. The van der Waals surface area contributed by atoms with E-state index in [9.17, 15) is 18.3 Å². The van der Waals surface area contributed by atoms with Crippen LogP contribution < -0.4 is 4.74 Å². The van der Waals surface area contributed by atoms with Crippen molar-refractivity contribution in [3.05, 3.63) is 29.8 Å². The normalized spacial score (nSPS) is 30.2. The highest BCUT2D eigenvalue weighted by molar-refractivity contribution is 7.90. The molecule has 1 aromatic carbocycles. The second kappa shape index (κ2) is 9.43. The summed E-state index contributed by atoms with van der Waals surface area (Å²) in [7, 11) is -2.02. The van der Waals surface area contributed by atoms with Crippen LogP contribution in [0.1, 0.15) is 64.9 Å². The van der Waals surface area contributed by atoms with Crippen molar-refractivity contribution < 1.29 is 27.8 Å². The van der Waals surface area contributed by atoms with Gasteiger partial charge in [-0.15, -0.1) is 0 Å². The quantitative estimate of drug-likeness (QED) is 0.499. The number of methoxy groups -OCH3 is 1. The molecule has 3 fully saturated rings. The molecule has 1 aromatic rings. The second-order valence-corrected chi connectivity index (χ2v) is 12.9. The number of amides is 1. The van der Waals surface area contributed by atoms with Gasteiger partial charge in [-0.05, 0) is 67.6 Å². The van der Waals surface area contributed by atoms with Crippen molar-refractivity contribution in [3.8, 4) is 5.75 Å². The van der Waals surface area contributed by atoms with E-state index in [2.05, 4.69) is 13.8 Å². The first-order valence-electron chi connectivity index (χ1n) is 12.5. The van der Waals surface area contributed by atoms with Gasteiger partial charge in [-0.25, -0.2) is 12.7 Å². The summed E-state index contributed by atoms with van der Waals surface area (Å²) < 4.78 is 38.2. The monoisotopic (exact) mass is 493 g/mol. The second-order valence-electron chi connectivity index (χ2n) is 11.0. The Kier molecular flexibility index (Phi) is 7.06. The summed E-state index contributed by atoms with van der Waals surface area (Å²) in [4.78, 5) is 13.3. The Bertz CT molecular complexity index is 991. The third-order valence-electron chi connectivity index (χ3n) is 9.06. The number of aliphatic hydroxyl groups is 1. The highest BCUT2D eigenvalue weighted by Crippen LogP contribution is 2.70. The lowest BCUT2D eigenvalue weighted by molar-refractivity contribution is -0.136. The van der Waals surface area contributed by atoms with E-state index in [1.165, 1.54) is 4.31 Å². The topological polar surface area (TPSA) is 93.1 Å². The fourth-order valence-electron chi connectivity index (χ4n) is 6.66. The average Bonchev–Trinajstić information content (AvgIpc) is 3.28. The summed E-state index contributed by atoms with van der Waals surface area (Å²) in [5, 5.41) is 10.7. The molecule has 1 N–H and O–H groups in total. The first-order valence-corrected chi connectivity index (χ1v) is 14.1. The summed E-state index contributed by atoms with van der Waals surface area (Å²) in [6.45, 7) is 7.07. The van der Waals surface area contributed by atoms with Gasteiger partial charge in [0.15, 0.2) is 0 Å². The zero-order chi connectivity index (χ0) is 24.7. The van der Waals surface area contributed by atoms with Crippen molar-refractivity contribution in [3.63, 3.8) is 0 Å². The first kappa shape index (κ1) is 25.5. The van der Waals surface area contributed by atoms with Gasteiger partial charge in [-0.2, -0.15) is 0 Å². The number of unbranched alkanes of at least 4 members (excludes halogenated alkanes) is 1. The van der Waals surface area contributed by atoms with Crippen LogP contribution in [-0.2, 0) is 26.2 Å². The van der Waals surface area contributed by atoms with Crippen LogP contribution in [-0.4, -0.2) is 55.4 Å². The number of fused-ring (bicyclic) bond motifs is 1. The van der Waals surface area contributed by atoms with E-state index >= 15 is 0 Å². The molecule has 7 nitrogen and oxygen atoms in total. The summed E-state index contributed by atoms with van der Waals surface area (Å²) >= 11 is 0. The van der Waals surface area contributed by atoms with Gasteiger partial charge < -0.3 is 14.6 Å². The van der Waals surface area contributed by atoms with E-state index in [0.29, 0.717) is 32.0 Å². The molecule has 34 heavy (non-hydrogen) atoms. The van der Waals surface area contributed by atoms with Crippen molar-refractivity contribution in [2.45, 2.75) is 78.0 Å². The Balaban J connectivity index is 1.25. The van der Waals surface area contributed by atoms with Crippen LogP contribution in [0.15, 0.2) is 24.3 Å². The third-order valence-corrected chi connectivity index (χ3v) is 11.0. The molecular weight excluding hydrogens is 454 g/mol. The third kappa shape index (κ3) is 4.26. The van der Waals surface area contributed by atoms with Crippen LogP contribution in [0.5, 0.6) is 5.75 Å². The molecule has 0 radical (unpaired) electrons. The smallest absolute Gasteiger partial charge is 0.241 e. The number of nitrogens with zero attached hydrogens (tertiary/aromatic N) is 1. The maximum atomic E-state index is 13.3. The summed E-state index contributed by atoms with van der Waals surface area (Å²) in [6.07, 6.45) is 3.70. The molecule has 3 aliphatic rings. The average molecular weight is 494 g/mol. The van der Waals surface area contributed by atoms with Gasteiger partial charge in [0, 0.05) is 12.0 Å². The number of carbonyl (C=O) groups is 1. The summed E-state index contributed by atoms with van der Waals surface area (Å²) in [5.41, 5.74) is 0.652. The van der Waals surface area contributed by atoms with E-state index in [1.807, 2.05) is 24.3 Å². The number of hydrogen-bond acceptors (Lipinski definition) is 6. The Morgan fingerprint density at radius 1 is 1.24 bits per heavy atom. The lowest BCUT2D eigenvalue weighted by Gasteiger charge is -2.37. The molecule has 190 valence electrons. The van der Waals surface area contributed by atoms with Crippen molar-refractivity contribution in [1.29, 1.82) is 0 Å². The van der Waals surface area contributed by atoms with Gasteiger partial charge in [-0.3, -0.25) is 4.79 Å². The standard InChI is InChI=1S/C26H39NO6S/c1-18(22(28)7-5-6-14-33-16-19-8-10-21(32-4)11-9-19)24(29)27-23-15-20-12-13-26(23,25(20,2)3)17-34(27,30)31/h8-11,18,20,22-23,28H,5-7,12-17H2,1-4H3/t18-,20?,22+,23-,26-/m1/s1. The zero-order valence-electron chi connectivity index (χ0n) is 20.8. The van der Waals surface area contributed by atoms with Crippen molar-refractivity contribution in [2.75, 3.05) is 19.5 Å². The molecule has 1 unspecified atom stereocenters. The molecule has 1 spiro atoms. The van der Waals surface area contributed by atoms with Gasteiger partial charge in [0.2, 0.25) is 15.9 Å². The minimum Gasteiger partial charge on any atom is -0.497 e. The maximum absolute atomic E-state index is 13.3. The zero-order valence-corrected chi connectivity index (χ0v) is 21.6. The van der Waals surface area contributed by atoms with E-state index in [0.717, 1.165) is 37.0 Å². The van der Waals surface area contributed by atoms with E-state index in [-0.39, 0.29) is 22.6 Å². The Hall–Kier alpha value is -1.64. The maximum Gasteiger partial charge on any atom is 0.241 e. The van der Waals surface area contributed by atoms with Gasteiger partial charge in [-0.1, -0.05) is 32.9 Å². The molecule has 1 heterocycles. The molecule has 1 saturated heterocycles. The lowest BCUT2D eigenvalue weighted by atomic mass is 9.69. The van der Waals surface area contributed by atoms with Crippen LogP contribution in [0.3, 0.4) is 0 Å². The summed E-state index contributed by atoms with van der Waals surface area (Å²) in [6, 6.07) is 7.47. The Morgan fingerprint density at radius 3 is 2.59 bits per heavy atom. The van der Waals surface area contributed by atoms with Crippen molar-refractivity contribution in [2.24, 2.45) is 22.7 Å². The van der Waals surface area contributed by atoms with Crippen LogP contribution in [0, 0.1) is 22.7 Å². The van der Waals surface area contributed by atoms with Gasteiger partial charge in [0.25, 0.3) is 0 Å². The molecule has 8 heteroatoms. The minimum absolute atomic E-state index is 0.0637. The number of rotatable bonds is 10. The highest BCUT2D eigenvalue weighted by Gasteiger charge is 2.72. The largest absolute Gasteiger partial charge is 0.497 e. The van der Waals surface area contributed by atoms with Crippen LogP contribution >= 0.6 is 0 Å². The van der Waals surface area contributed by atoms with Gasteiger partial charge >= 0.3 is 0 Å². The fraction of sp³-hybridized carbons (Fsp3) is 0.731. The molecule has 5 atom stereocenters. The molecule has 2 aliphatic carbocycles. The predicted molar refractivity (Wildman–Crippen MR) is 130 cm³/mol. The number of aliphatic hydroxyl groups excluding tert-OH is 1. The van der Waals surface area contributed by atoms with Crippen LogP contribution in [0.25, 0.3) is 0 Å². The van der Waals surface area contributed by atoms with Gasteiger partial charge in [0.05, 0.1) is 37.5 Å². The molecular formula is C26H39NO6S. The molecule has 1 amide bonds. The molecule has 1 aliphatic heterocycles.